The Kier molecular flexibility index (Phi) is 4.92. The number of amides is 1. The molecular formula is C17H20N4O4S. The first-order valence-corrected chi connectivity index (χ1v) is 9.65. The second kappa shape index (κ2) is 7.00. The fraction of sp³-hybridized carbons (Fsp3) is 0.353. The van der Waals surface area contributed by atoms with Crippen LogP contribution in [0.4, 0.5) is 0 Å². The third kappa shape index (κ3) is 3.54. The summed E-state index contributed by atoms with van der Waals surface area (Å²) < 4.78 is 27.0. The molecule has 1 saturated heterocycles. The molecule has 1 aliphatic rings. The predicted molar refractivity (Wildman–Crippen MR) is 95.4 cm³/mol. The van der Waals surface area contributed by atoms with Crippen LogP contribution >= 0.6 is 0 Å². The molecule has 0 spiro atoms. The molecule has 3 rings (SSSR count). The Balaban J connectivity index is 1.71. The Bertz CT molecular complexity index is 972. The Morgan fingerprint density at radius 3 is 2.31 bits per heavy atom. The van der Waals surface area contributed by atoms with Crippen molar-refractivity contribution in [1.29, 1.82) is 0 Å². The summed E-state index contributed by atoms with van der Waals surface area (Å²) in [5.41, 5.74) is 1.71. The molecule has 9 heteroatoms. The Morgan fingerprint density at radius 2 is 1.73 bits per heavy atom. The standard InChI is InChI=1S/C17H20N4O4S/c1-12-3-4-14(11-13(12)2)26(24,25)21-9-7-20(8-10-21)17(23)15-5-6-16(22)19-18-15/h3-6,11H,7-10H2,1-2H3,(H,19,22). The van der Waals surface area contributed by atoms with Crippen LogP contribution in [0.1, 0.15) is 21.6 Å². The van der Waals surface area contributed by atoms with Crippen LogP contribution in [0.5, 0.6) is 0 Å². The third-order valence-electron chi connectivity index (χ3n) is 4.54. The van der Waals surface area contributed by atoms with Crippen LogP contribution in [0, 0.1) is 13.8 Å². The monoisotopic (exact) mass is 376 g/mol. The highest BCUT2D eigenvalue weighted by Gasteiger charge is 2.31. The molecule has 0 radical (unpaired) electrons. The summed E-state index contributed by atoms with van der Waals surface area (Å²) in [6.07, 6.45) is 0. The van der Waals surface area contributed by atoms with Gasteiger partial charge in [-0.1, -0.05) is 6.07 Å². The smallest absolute Gasteiger partial charge is 0.274 e. The van der Waals surface area contributed by atoms with E-state index < -0.39 is 10.0 Å². The normalized spacial score (nSPS) is 15.8. The number of aryl methyl sites for hydroxylation is 2. The van der Waals surface area contributed by atoms with Crippen LogP contribution < -0.4 is 5.56 Å². The summed E-state index contributed by atoms with van der Waals surface area (Å²) in [6.45, 7) is 4.77. The molecule has 8 nitrogen and oxygen atoms in total. The molecule has 0 aliphatic carbocycles. The molecule has 0 saturated carbocycles. The Hall–Kier alpha value is -2.52. The average Bonchev–Trinajstić information content (AvgIpc) is 2.64. The van der Waals surface area contributed by atoms with E-state index in [2.05, 4.69) is 10.2 Å². The summed E-state index contributed by atoms with van der Waals surface area (Å²) >= 11 is 0. The number of benzene rings is 1. The average molecular weight is 376 g/mol. The Labute approximate surface area is 151 Å². The van der Waals surface area contributed by atoms with Gasteiger partial charge in [-0.25, -0.2) is 13.5 Å². The number of hydrogen-bond acceptors (Lipinski definition) is 5. The van der Waals surface area contributed by atoms with E-state index in [1.54, 1.807) is 18.2 Å². The first-order valence-electron chi connectivity index (χ1n) is 8.21. The van der Waals surface area contributed by atoms with E-state index in [0.717, 1.165) is 11.1 Å². The molecule has 0 unspecified atom stereocenters. The van der Waals surface area contributed by atoms with Crippen LogP contribution in [0.2, 0.25) is 0 Å². The van der Waals surface area contributed by atoms with Gasteiger partial charge in [-0.3, -0.25) is 9.59 Å². The summed E-state index contributed by atoms with van der Waals surface area (Å²) in [7, 11) is -3.59. The largest absolute Gasteiger partial charge is 0.335 e. The van der Waals surface area contributed by atoms with Gasteiger partial charge >= 0.3 is 0 Å². The molecule has 0 bridgehead atoms. The van der Waals surface area contributed by atoms with Gasteiger partial charge in [-0.05, 0) is 43.2 Å². The topological polar surface area (TPSA) is 103 Å². The molecule has 1 fully saturated rings. The maximum absolute atomic E-state index is 12.8. The summed E-state index contributed by atoms with van der Waals surface area (Å²) in [5, 5.41) is 5.95. The van der Waals surface area contributed by atoms with Crippen LogP contribution in [0.3, 0.4) is 0 Å². The van der Waals surface area contributed by atoms with Gasteiger partial charge in [-0.15, -0.1) is 0 Å². The summed E-state index contributed by atoms with van der Waals surface area (Å²) in [6, 6.07) is 7.68. The summed E-state index contributed by atoms with van der Waals surface area (Å²) in [5.74, 6) is -0.329. The van der Waals surface area contributed by atoms with E-state index in [0.29, 0.717) is 0 Å². The van der Waals surface area contributed by atoms with E-state index in [-0.39, 0.29) is 48.2 Å². The van der Waals surface area contributed by atoms with Gasteiger partial charge in [0.15, 0.2) is 0 Å². The SMILES string of the molecule is Cc1ccc(S(=O)(=O)N2CCN(C(=O)c3ccc(=O)[nH]n3)CC2)cc1C. The van der Waals surface area contributed by atoms with Crippen LogP contribution in [0.15, 0.2) is 40.0 Å². The van der Waals surface area contributed by atoms with Crippen molar-refractivity contribution in [3.05, 3.63) is 57.5 Å². The lowest BCUT2D eigenvalue weighted by atomic mass is 10.1. The number of carbonyl (C=O) groups excluding carboxylic acids is 1. The lowest BCUT2D eigenvalue weighted by molar-refractivity contribution is 0.0690. The maximum Gasteiger partial charge on any atom is 0.274 e. The van der Waals surface area contributed by atoms with Gasteiger partial charge in [0.2, 0.25) is 10.0 Å². The number of nitrogens with one attached hydrogen (secondary N) is 1. The number of aromatic nitrogens is 2. The maximum atomic E-state index is 12.8. The molecule has 1 N–H and O–H groups in total. The Morgan fingerprint density at radius 1 is 1.04 bits per heavy atom. The molecule has 1 aromatic carbocycles. The minimum Gasteiger partial charge on any atom is -0.335 e. The van der Waals surface area contributed by atoms with Gasteiger partial charge in [0.05, 0.1) is 4.90 Å². The molecule has 1 aromatic heterocycles. The molecule has 1 amide bonds. The molecule has 138 valence electrons. The quantitative estimate of drug-likeness (QED) is 0.842. The van der Waals surface area contributed by atoms with Crippen molar-refractivity contribution in [2.75, 3.05) is 26.2 Å². The van der Waals surface area contributed by atoms with E-state index in [9.17, 15) is 18.0 Å². The predicted octanol–water partition coefficient (Wildman–Crippen LogP) is 0.533. The van der Waals surface area contributed by atoms with Crippen LogP contribution in [-0.4, -0.2) is 59.9 Å². The number of sulfonamides is 1. The molecular weight excluding hydrogens is 356 g/mol. The van der Waals surface area contributed by atoms with E-state index >= 15 is 0 Å². The van der Waals surface area contributed by atoms with Gasteiger partial charge in [0.1, 0.15) is 5.69 Å². The second-order valence-electron chi connectivity index (χ2n) is 6.25. The number of carbonyl (C=O) groups is 1. The van der Waals surface area contributed by atoms with E-state index in [1.165, 1.54) is 21.3 Å². The van der Waals surface area contributed by atoms with Gasteiger partial charge in [-0.2, -0.15) is 9.40 Å². The number of piperazine rings is 1. The van der Waals surface area contributed by atoms with Crippen molar-refractivity contribution in [3.8, 4) is 0 Å². The highest BCUT2D eigenvalue weighted by atomic mass is 32.2. The van der Waals surface area contributed by atoms with Gasteiger partial charge in [0.25, 0.3) is 11.5 Å². The number of rotatable bonds is 3. The first-order chi connectivity index (χ1) is 12.3. The molecule has 1 aliphatic heterocycles. The lowest BCUT2D eigenvalue weighted by Gasteiger charge is -2.33. The van der Waals surface area contributed by atoms with Crippen molar-refractivity contribution in [3.63, 3.8) is 0 Å². The lowest BCUT2D eigenvalue weighted by Crippen LogP contribution is -2.50. The first kappa shape index (κ1) is 18.3. The minimum absolute atomic E-state index is 0.134. The highest BCUT2D eigenvalue weighted by molar-refractivity contribution is 7.89. The third-order valence-corrected chi connectivity index (χ3v) is 6.43. The zero-order valence-corrected chi connectivity index (χ0v) is 15.4. The van der Waals surface area contributed by atoms with Gasteiger partial charge < -0.3 is 4.90 Å². The van der Waals surface area contributed by atoms with Crippen molar-refractivity contribution in [1.82, 2.24) is 19.4 Å². The highest BCUT2D eigenvalue weighted by Crippen LogP contribution is 2.20. The number of aromatic amines is 1. The van der Waals surface area contributed by atoms with Crippen LogP contribution in [0.25, 0.3) is 0 Å². The molecule has 0 atom stereocenters. The number of H-pyrrole nitrogens is 1. The van der Waals surface area contributed by atoms with Crippen molar-refractivity contribution < 1.29 is 13.2 Å². The van der Waals surface area contributed by atoms with Crippen molar-refractivity contribution in [2.45, 2.75) is 18.7 Å². The fourth-order valence-electron chi connectivity index (χ4n) is 2.78. The summed E-state index contributed by atoms with van der Waals surface area (Å²) in [4.78, 5) is 25.2. The fourth-order valence-corrected chi connectivity index (χ4v) is 4.29. The second-order valence-corrected chi connectivity index (χ2v) is 8.19. The number of nitrogens with zero attached hydrogens (tertiary/aromatic N) is 3. The zero-order valence-electron chi connectivity index (χ0n) is 14.6. The minimum atomic E-state index is -3.59. The zero-order chi connectivity index (χ0) is 18.9. The van der Waals surface area contributed by atoms with Crippen LogP contribution in [-0.2, 0) is 10.0 Å². The molecule has 2 heterocycles. The number of hydrogen-bond donors (Lipinski definition) is 1. The van der Waals surface area contributed by atoms with E-state index in [4.69, 9.17) is 0 Å². The van der Waals surface area contributed by atoms with Crippen molar-refractivity contribution in [2.24, 2.45) is 0 Å². The van der Waals surface area contributed by atoms with Gasteiger partial charge in [0, 0.05) is 32.2 Å². The molecule has 2 aromatic rings. The van der Waals surface area contributed by atoms with E-state index in [1.807, 2.05) is 13.8 Å². The molecule has 26 heavy (non-hydrogen) atoms. The van der Waals surface area contributed by atoms with Crippen molar-refractivity contribution >= 4 is 15.9 Å².